The molecule has 3 aromatic carbocycles. The number of aryl methyl sites for hydroxylation is 1. The number of aliphatic hydroxyl groups excluding tert-OH is 1. The monoisotopic (exact) mass is 696 g/mol. The fourth-order valence-electron chi connectivity index (χ4n) is 6.72. The Morgan fingerprint density at radius 3 is 2.20 bits per heavy atom. The van der Waals surface area contributed by atoms with Crippen LogP contribution in [0.1, 0.15) is 63.8 Å². The first-order valence-electron chi connectivity index (χ1n) is 17.0. The van der Waals surface area contributed by atoms with Gasteiger partial charge in [0.1, 0.15) is 16.8 Å². The lowest BCUT2D eigenvalue weighted by atomic mass is 10.1. The number of carboxylic acid groups (broad SMARTS) is 1. The summed E-state index contributed by atoms with van der Waals surface area (Å²) in [7, 11) is -1.14. The number of aromatic nitrogens is 4. The van der Waals surface area contributed by atoms with E-state index in [1.165, 1.54) is 10.4 Å². The Morgan fingerprint density at radius 1 is 0.980 bits per heavy atom. The first kappa shape index (κ1) is 36.5. The summed E-state index contributed by atoms with van der Waals surface area (Å²) in [6.45, 7) is 11.5. The molecule has 2 aromatic heterocycles. The summed E-state index contributed by atoms with van der Waals surface area (Å²) >= 11 is 0. The van der Waals surface area contributed by atoms with Crippen molar-refractivity contribution < 1.29 is 24.2 Å². The molecule has 0 aliphatic heterocycles. The number of methoxy groups -OCH3 is 1. The van der Waals surface area contributed by atoms with E-state index in [1.807, 2.05) is 41.9 Å². The van der Waals surface area contributed by atoms with Crippen LogP contribution in [-0.2, 0) is 17.6 Å². The minimum absolute atomic E-state index is 0.0289. The Balaban J connectivity index is 1.51. The predicted molar refractivity (Wildman–Crippen MR) is 200 cm³/mol. The Labute approximate surface area is 294 Å². The normalized spacial score (nSPS) is 12.5. The second-order valence-corrected chi connectivity index (χ2v) is 17.8. The van der Waals surface area contributed by atoms with E-state index >= 15 is 0 Å². The molecule has 5 rings (SSSR count). The summed E-state index contributed by atoms with van der Waals surface area (Å²) in [6, 6.07) is 26.7. The average molecular weight is 697 g/mol. The minimum Gasteiger partial charge on any atom is -0.496 e. The SMILES string of the molecule is CCC[C@@H](CCO[Si](c1ccccc1)(c1ccccc1)C(C)(C)C)Nc1nc(NC(=O)O)nc2c(C)nn(Cc3ccc(CO)cc3OC)c12. The number of nitrogens with one attached hydrogen (secondary N) is 2. The Kier molecular flexibility index (Phi) is 11.6. The Hall–Kier alpha value is -4.78. The van der Waals surface area contributed by atoms with Crippen LogP contribution in [-0.4, -0.2) is 64.1 Å². The molecule has 11 nitrogen and oxygen atoms in total. The zero-order valence-corrected chi connectivity index (χ0v) is 30.7. The molecule has 0 saturated heterocycles. The van der Waals surface area contributed by atoms with Gasteiger partial charge in [-0.15, -0.1) is 0 Å². The van der Waals surface area contributed by atoms with Crippen molar-refractivity contribution in [2.24, 2.45) is 0 Å². The fourth-order valence-corrected chi connectivity index (χ4v) is 11.3. The largest absolute Gasteiger partial charge is 0.496 e. The molecule has 0 bridgehead atoms. The zero-order valence-electron chi connectivity index (χ0n) is 29.7. The number of hydrogen-bond acceptors (Lipinski definition) is 8. The number of aliphatic hydroxyl groups is 1. The molecule has 0 aliphatic rings. The van der Waals surface area contributed by atoms with Gasteiger partial charge < -0.3 is 24.7 Å². The second kappa shape index (κ2) is 15.8. The predicted octanol–water partition coefficient (Wildman–Crippen LogP) is 6.32. The van der Waals surface area contributed by atoms with Gasteiger partial charge in [-0.2, -0.15) is 10.1 Å². The molecular formula is C38H48N6O5Si. The van der Waals surface area contributed by atoms with E-state index < -0.39 is 14.4 Å². The first-order chi connectivity index (χ1) is 24.0. The van der Waals surface area contributed by atoms with E-state index in [-0.39, 0.29) is 23.6 Å². The smallest absolute Gasteiger partial charge is 0.411 e. The molecule has 2 heterocycles. The van der Waals surface area contributed by atoms with Crippen LogP contribution in [0, 0.1) is 6.92 Å². The number of rotatable bonds is 15. The van der Waals surface area contributed by atoms with Gasteiger partial charge >= 0.3 is 6.09 Å². The van der Waals surface area contributed by atoms with Crippen LogP contribution in [0.15, 0.2) is 78.9 Å². The van der Waals surface area contributed by atoms with E-state index in [4.69, 9.17) is 14.3 Å². The molecule has 1 amide bonds. The number of nitrogens with zero attached hydrogens (tertiary/aromatic N) is 4. The minimum atomic E-state index is -2.74. The first-order valence-corrected chi connectivity index (χ1v) is 18.9. The van der Waals surface area contributed by atoms with Crippen molar-refractivity contribution in [1.29, 1.82) is 0 Å². The van der Waals surface area contributed by atoms with E-state index in [0.29, 0.717) is 47.9 Å². The summed E-state index contributed by atoms with van der Waals surface area (Å²) in [4.78, 5) is 20.9. The third kappa shape index (κ3) is 7.82. The quantitative estimate of drug-likeness (QED) is 0.0925. The van der Waals surface area contributed by atoms with E-state index in [2.05, 4.69) is 96.8 Å². The molecule has 5 aromatic rings. The van der Waals surface area contributed by atoms with Crippen LogP contribution >= 0.6 is 0 Å². The Morgan fingerprint density at radius 2 is 1.64 bits per heavy atom. The van der Waals surface area contributed by atoms with Crippen LogP contribution in [0.25, 0.3) is 11.0 Å². The molecule has 50 heavy (non-hydrogen) atoms. The molecule has 0 unspecified atom stereocenters. The highest BCUT2D eigenvalue weighted by atomic mass is 28.4. The molecule has 0 spiro atoms. The number of ether oxygens (including phenoxy) is 1. The molecule has 12 heteroatoms. The third-order valence-electron chi connectivity index (χ3n) is 9.01. The lowest BCUT2D eigenvalue weighted by Gasteiger charge is -2.43. The molecule has 264 valence electrons. The summed E-state index contributed by atoms with van der Waals surface area (Å²) < 4.78 is 14.7. The summed E-state index contributed by atoms with van der Waals surface area (Å²) in [5.41, 5.74) is 3.42. The van der Waals surface area contributed by atoms with E-state index in [9.17, 15) is 15.0 Å². The van der Waals surface area contributed by atoms with Crippen LogP contribution in [0.4, 0.5) is 16.6 Å². The van der Waals surface area contributed by atoms with Gasteiger partial charge in [0, 0.05) is 18.2 Å². The number of hydrogen-bond donors (Lipinski definition) is 4. The summed E-state index contributed by atoms with van der Waals surface area (Å²) in [5, 5.41) is 32.3. The van der Waals surface area contributed by atoms with Crippen LogP contribution in [0.2, 0.25) is 5.04 Å². The molecule has 0 radical (unpaired) electrons. The van der Waals surface area contributed by atoms with Crippen molar-refractivity contribution in [2.45, 2.75) is 78.1 Å². The standard InChI is InChI=1S/C38H48N6O5Si/c1-7-14-29(21-22-49-50(38(3,4)5,30-15-10-8-11-16-30)31-17-12-9-13-18-31)39-35-34-33(40-36(41-35)42-37(46)47)26(2)43-44(34)24-28-20-19-27(25-45)23-32(28)48-6/h8-13,15-20,23,29,45H,7,14,21-22,24-25H2,1-6H3,(H,46,47)(H2,39,40,41,42)/t29-/m0/s1. The number of amides is 1. The maximum atomic E-state index is 11.7. The van der Waals surface area contributed by atoms with Gasteiger partial charge in [0.05, 0.1) is 26.0 Å². The third-order valence-corrected chi connectivity index (χ3v) is 14.1. The van der Waals surface area contributed by atoms with Gasteiger partial charge in [-0.25, -0.2) is 9.78 Å². The number of fused-ring (bicyclic) bond motifs is 1. The van der Waals surface area contributed by atoms with Crippen molar-refractivity contribution in [3.8, 4) is 5.75 Å². The lowest BCUT2D eigenvalue weighted by Crippen LogP contribution is -2.66. The molecule has 0 saturated carbocycles. The summed E-state index contributed by atoms with van der Waals surface area (Å²) in [6.07, 6.45) is 1.19. The number of benzene rings is 3. The molecular weight excluding hydrogens is 649 g/mol. The molecule has 0 aliphatic carbocycles. The zero-order chi connectivity index (χ0) is 35.9. The van der Waals surface area contributed by atoms with Gasteiger partial charge in [-0.05, 0) is 46.8 Å². The van der Waals surface area contributed by atoms with Gasteiger partial charge in [-0.3, -0.25) is 10.00 Å². The topological polar surface area (TPSA) is 144 Å². The van der Waals surface area contributed by atoms with Gasteiger partial charge in [0.2, 0.25) is 5.95 Å². The number of anilines is 2. The van der Waals surface area contributed by atoms with Crippen LogP contribution in [0.3, 0.4) is 0 Å². The maximum Gasteiger partial charge on any atom is 0.411 e. The van der Waals surface area contributed by atoms with Crippen LogP contribution < -0.4 is 25.7 Å². The second-order valence-electron chi connectivity index (χ2n) is 13.5. The highest BCUT2D eigenvalue weighted by molar-refractivity contribution is 6.99. The lowest BCUT2D eigenvalue weighted by molar-refractivity contribution is 0.209. The van der Waals surface area contributed by atoms with E-state index in [1.54, 1.807) is 7.11 Å². The highest BCUT2D eigenvalue weighted by Crippen LogP contribution is 2.37. The highest BCUT2D eigenvalue weighted by Gasteiger charge is 2.50. The maximum absolute atomic E-state index is 11.7. The van der Waals surface area contributed by atoms with Crippen molar-refractivity contribution in [3.63, 3.8) is 0 Å². The van der Waals surface area contributed by atoms with Crippen molar-refractivity contribution in [1.82, 2.24) is 19.7 Å². The van der Waals surface area contributed by atoms with E-state index in [0.717, 1.165) is 24.0 Å². The van der Waals surface area contributed by atoms with Crippen molar-refractivity contribution in [2.75, 3.05) is 24.4 Å². The average Bonchev–Trinajstić information content (AvgIpc) is 3.41. The van der Waals surface area contributed by atoms with Gasteiger partial charge in [0.25, 0.3) is 8.32 Å². The van der Waals surface area contributed by atoms with Gasteiger partial charge in [0.15, 0.2) is 5.82 Å². The molecule has 1 atom stereocenters. The van der Waals surface area contributed by atoms with Crippen molar-refractivity contribution >= 4 is 47.6 Å². The Bertz CT molecular complexity index is 1860. The molecule has 4 N–H and O–H groups in total. The number of carbonyl (C=O) groups is 1. The van der Waals surface area contributed by atoms with Gasteiger partial charge in [-0.1, -0.05) is 107 Å². The van der Waals surface area contributed by atoms with Crippen LogP contribution in [0.5, 0.6) is 5.75 Å². The summed E-state index contributed by atoms with van der Waals surface area (Å²) in [5.74, 6) is 1.08. The molecule has 0 fully saturated rings. The fraction of sp³-hybridized carbons (Fsp3) is 0.368. The van der Waals surface area contributed by atoms with Crippen molar-refractivity contribution in [3.05, 3.63) is 95.7 Å².